The third-order valence-electron chi connectivity index (χ3n) is 6.45. The molecule has 3 aromatic carbocycles. The molecule has 0 saturated heterocycles. The SMILES string of the molecule is CCC(C)NC(=O)C(CC)N(Cc1ccc(Cl)c(Cl)c1)C(=O)CN(c1ccccc1)S(=O)(=O)c1ccc(Cl)cc1. The summed E-state index contributed by atoms with van der Waals surface area (Å²) in [7, 11) is -4.17. The molecule has 0 heterocycles. The van der Waals surface area contributed by atoms with Crippen LogP contribution in [0.1, 0.15) is 39.2 Å². The van der Waals surface area contributed by atoms with Crippen molar-refractivity contribution in [3.8, 4) is 0 Å². The average Bonchev–Trinajstić information content (AvgIpc) is 2.93. The molecule has 0 spiro atoms. The predicted molar refractivity (Wildman–Crippen MR) is 161 cm³/mol. The van der Waals surface area contributed by atoms with Crippen LogP contribution in [0.3, 0.4) is 0 Å². The van der Waals surface area contributed by atoms with Crippen LogP contribution in [-0.4, -0.2) is 43.8 Å². The molecular weight excluding hydrogens is 593 g/mol. The summed E-state index contributed by atoms with van der Waals surface area (Å²) in [6, 6.07) is 18.1. The Balaban J connectivity index is 2.05. The number of hydrogen-bond donors (Lipinski definition) is 1. The predicted octanol–water partition coefficient (Wildman–Crippen LogP) is 6.56. The molecule has 0 aliphatic carbocycles. The molecule has 0 aliphatic rings. The molecule has 11 heteroatoms. The maximum absolute atomic E-state index is 14.0. The quantitative estimate of drug-likeness (QED) is 0.247. The molecule has 3 rings (SSSR count). The van der Waals surface area contributed by atoms with Crippen molar-refractivity contribution in [2.24, 2.45) is 0 Å². The molecule has 2 unspecified atom stereocenters. The Morgan fingerprint density at radius 3 is 2.10 bits per heavy atom. The minimum atomic E-state index is -4.17. The molecular formula is C29H32Cl3N3O4S. The van der Waals surface area contributed by atoms with Gasteiger partial charge in [0.25, 0.3) is 10.0 Å². The first-order valence-electron chi connectivity index (χ1n) is 12.8. The summed E-state index contributed by atoms with van der Waals surface area (Å²) >= 11 is 18.3. The third-order valence-corrected chi connectivity index (χ3v) is 9.23. The second-order valence-electron chi connectivity index (χ2n) is 9.31. The number of para-hydroxylation sites is 1. The van der Waals surface area contributed by atoms with Crippen LogP contribution in [0.15, 0.2) is 77.7 Å². The first kappa shape index (κ1) is 31.7. The molecule has 0 fully saturated rings. The monoisotopic (exact) mass is 623 g/mol. The first-order valence-corrected chi connectivity index (χ1v) is 15.4. The number of anilines is 1. The molecule has 3 aromatic rings. The van der Waals surface area contributed by atoms with Gasteiger partial charge in [-0.3, -0.25) is 13.9 Å². The van der Waals surface area contributed by atoms with Crippen molar-refractivity contribution in [2.45, 2.75) is 57.1 Å². The van der Waals surface area contributed by atoms with Gasteiger partial charge in [-0.05, 0) is 73.9 Å². The number of carbonyl (C=O) groups excluding carboxylic acids is 2. The maximum Gasteiger partial charge on any atom is 0.264 e. The number of benzene rings is 3. The Hall–Kier alpha value is -2.78. The van der Waals surface area contributed by atoms with E-state index in [0.717, 1.165) is 4.31 Å². The lowest BCUT2D eigenvalue weighted by Gasteiger charge is -2.33. The van der Waals surface area contributed by atoms with Crippen LogP contribution in [0.5, 0.6) is 0 Å². The number of sulfonamides is 1. The van der Waals surface area contributed by atoms with Gasteiger partial charge in [0.2, 0.25) is 11.8 Å². The highest BCUT2D eigenvalue weighted by molar-refractivity contribution is 7.92. The second kappa shape index (κ2) is 14.2. The number of nitrogens with zero attached hydrogens (tertiary/aromatic N) is 2. The van der Waals surface area contributed by atoms with Crippen LogP contribution in [-0.2, 0) is 26.2 Å². The van der Waals surface area contributed by atoms with Crippen molar-refractivity contribution >= 4 is 62.3 Å². The highest BCUT2D eigenvalue weighted by Crippen LogP contribution is 2.27. The van der Waals surface area contributed by atoms with Crippen molar-refractivity contribution in [3.05, 3.63) is 93.4 Å². The molecule has 2 amide bonds. The van der Waals surface area contributed by atoms with Gasteiger partial charge in [0.15, 0.2) is 0 Å². The van der Waals surface area contributed by atoms with Gasteiger partial charge in [-0.15, -0.1) is 0 Å². The van der Waals surface area contributed by atoms with Crippen molar-refractivity contribution in [2.75, 3.05) is 10.8 Å². The lowest BCUT2D eigenvalue weighted by molar-refractivity contribution is -0.140. The van der Waals surface area contributed by atoms with Crippen molar-refractivity contribution < 1.29 is 18.0 Å². The van der Waals surface area contributed by atoms with Crippen molar-refractivity contribution in [1.29, 1.82) is 0 Å². The van der Waals surface area contributed by atoms with E-state index < -0.39 is 28.5 Å². The van der Waals surface area contributed by atoms with Crippen LogP contribution in [0.2, 0.25) is 15.1 Å². The lowest BCUT2D eigenvalue weighted by Crippen LogP contribution is -2.53. The largest absolute Gasteiger partial charge is 0.352 e. The molecule has 0 aliphatic heterocycles. The molecule has 2 atom stereocenters. The standard InChI is InChI=1S/C29H32Cl3N3O4S/c1-4-20(3)33-29(37)27(5-2)34(18-21-11-16-25(31)26(32)17-21)28(36)19-35(23-9-7-6-8-10-23)40(38,39)24-14-12-22(30)13-15-24/h6-17,20,27H,4-5,18-19H2,1-3H3,(H,33,37). The van der Waals surface area contributed by atoms with Gasteiger partial charge >= 0.3 is 0 Å². The molecule has 214 valence electrons. The van der Waals surface area contributed by atoms with E-state index >= 15 is 0 Å². The number of rotatable bonds is 12. The highest BCUT2D eigenvalue weighted by Gasteiger charge is 2.34. The van der Waals surface area contributed by atoms with Gasteiger partial charge in [-0.2, -0.15) is 0 Å². The summed E-state index contributed by atoms with van der Waals surface area (Å²) in [5, 5.41) is 3.99. The smallest absolute Gasteiger partial charge is 0.264 e. The number of nitrogens with one attached hydrogen (secondary N) is 1. The summed E-state index contributed by atoms with van der Waals surface area (Å²) in [5.74, 6) is -0.879. The van der Waals surface area contributed by atoms with E-state index in [0.29, 0.717) is 39.2 Å². The van der Waals surface area contributed by atoms with Crippen LogP contribution < -0.4 is 9.62 Å². The Morgan fingerprint density at radius 2 is 1.52 bits per heavy atom. The molecule has 0 saturated carbocycles. The zero-order valence-electron chi connectivity index (χ0n) is 22.5. The lowest BCUT2D eigenvalue weighted by atomic mass is 10.1. The van der Waals surface area contributed by atoms with E-state index in [1.807, 2.05) is 13.8 Å². The van der Waals surface area contributed by atoms with Crippen molar-refractivity contribution in [1.82, 2.24) is 10.2 Å². The molecule has 7 nitrogen and oxygen atoms in total. The van der Waals surface area contributed by atoms with Crippen LogP contribution in [0.25, 0.3) is 0 Å². The number of halogens is 3. The number of hydrogen-bond acceptors (Lipinski definition) is 4. The summed E-state index contributed by atoms with van der Waals surface area (Å²) in [4.78, 5) is 28.7. The van der Waals surface area contributed by atoms with Crippen LogP contribution >= 0.6 is 34.8 Å². The van der Waals surface area contributed by atoms with Gasteiger partial charge in [0.1, 0.15) is 12.6 Å². The van der Waals surface area contributed by atoms with Crippen LogP contribution in [0.4, 0.5) is 5.69 Å². The minimum absolute atomic E-state index is 0.0196. The molecule has 40 heavy (non-hydrogen) atoms. The fraction of sp³-hybridized carbons (Fsp3) is 0.310. The third kappa shape index (κ3) is 7.91. The zero-order chi connectivity index (χ0) is 29.4. The summed E-state index contributed by atoms with van der Waals surface area (Å²) in [5.41, 5.74) is 0.946. The number of amides is 2. The Kier molecular flexibility index (Phi) is 11.3. The topological polar surface area (TPSA) is 86.8 Å². The Morgan fingerprint density at radius 1 is 0.875 bits per heavy atom. The van der Waals surface area contributed by atoms with E-state index in [-0.39, 0.29) is 23.4 Å². The van der Waals surface area contributed by atoms with Gasteiger partial charge in [-0.1, -0.05) is 72.9 Å². The van der Waals surface area contributed by atoms with Gasteiger partial charge in [0, 0.05) is 17.6 Å². The van der Waals surface area contributed by atoms with E-state index in [2.05, 4.69) is 5.32 Å². The summed E-state index contributed by atoms with van der Waals surface area (Å²) < 4.78 is 28.6. The summed E-state index contributed by atoms with van der Waals surface area (Å²) in [6.45, 7) is 5.11. The number of carbonyl (C=O) groups is 2. The minimum Gasteiger partial charge on any atom is -0.352 e. The maximum atomic E-state index is 14.0. The van der Waals surface area contributed by atoms with E-state index in [1.165, 1.54) is 29.2 Å². The molecule has 1 N–H and O–H groups in total. The van der Waals surface area contributed by atoms with Crippen LogP contribution in [0, 0.1) is 0 Å². The fourth-order valence-corrected chi connectivity index (χ4v) is 5.91. The van der Waals surface area contributed by atoms with E-state index in [1.54, 1.807) is 55.5 Å². The van der Waals surface area contributed by atoms with Gasteiger partial charge < -0.3 is 10.2 Å². The molecule has 0 radical (unpaired) electrons. The van der Waals surface area contributed by atoms with E-state index in [9.17, 15) is 18.0 Å². The van der Waals surface area contributed by atoms with E-state index in [4.69, 9.17) is 34.8 Å². The zero-order valence-corrected chi connectivity index (χ0v) is 25.6. The Labute approximate surface area is 251 Å². The molecule has 0 bridgehead atoms. The normalized spacial score (nSPS) is 12.8. The highest BCUT2D eigenvalue weighted by atomic mass is 35.5. The average molecular weight is 625 g/mol. The van der Waals surface area contributed by atoms with Gasteiger partial charge in [-0.25, -0.2) is 8.42 Å². The second-order valence-corrected chi connectivity index (χ2v) is 12.4. The Bertz CT molecular complexity index is 1420. The summed E-state index contributed by atoms with van der Waals surface area (Å²) in [6.07, 6.45) is 1.02. The van der Waals surface area contributed by atoms with Gasteiger partial charge in [0.05, 0.1) is 20.6 Å². The van der Waals surface area contributed by atoms with Crippen molar-refractivity contribution in [3.63, 3.8) is 0 Å². The first-order chi connectivity index (χ1) is 19.0. The fourth-order valence-electron chi connectivity index (χ4n) is 4.05. The molecule has 0 aromatic heterocycles.